The summed E-state index contributed by atoms with van der Waals surface area (Å²) in [5, 5.41) is 9.68. The Morgan fingerprint density at radius 3 is 2.56 bits per heavy atom. The van der Waals surface area contributed by atoms with E-state index in [1.54, 1.807) is 41.1 Å². The highest BCUT2D eigenvalue weighted by atomic mass is 19.4. The lowest BCUT2D eigenvalue weighted by atomic mass is 10.0. The number of pyridine rings is 1. The summed E-state index contributed by atoms with van der Waals surface area (Å²) in [7, 11) is 0. The zero-order valence-corrected chi connectivity index (χ0v) is 23.4. The number of fused-ring (bicyclic) bond motifs is 1. The van der Waals surface area contributed by atoms with E-state index < -0.39 is 11.7 Å². The van der Waals surface area contributed by atoms with Crippen LogP contribution in [0, 0.1) is 0 Å². The van der Waals surface area contributed by atoms with Crippen LogP contribution in [0.3, 0.4) is 0 Å². The van der Waals surface area contributed by atoms with Crippen LogP contribution in [0.25, 0.3) is 28.3 Å². The average molecular weight is 586 g/mol. The second-order valence-corrected chi connectivity index (χ2v) is 10.5. The summed E-state index contributed by atoms with van der Waals surface area (Å²) in [4.78, 5) is 27.4. The third kappa shape index (κ3) is 6.07. The highest BCUT2D eigenvalue weighted by molar-refractivity contribution is 6.01. The van der Waals surface area contributed by atoms with Crippen molar-refractivity contribution in [3.63, 3.8) is 0 Å². The first-order valence-electron chi connectivity index (χ1n) is 14.1. The second-order valence-electron chi connectivity index (χ2n) is 10.5. The van der Waals surface area contributed by atoms with Crippen LogP contribution in [0.2, 0.25) is 0 Å². The molecule has 1 amide bonds. The third-order valence-electron chi connectivity index (χ3n) is 7.58. The predicted molar refractivity (Wildman–Crippen MR) is 158 cm³/mol. The van der Waals surface area contributed by atoms with Crippen LogP contribution >= 0.6 is 0 Å². The Balaban J connectivity index is 1.46. The van der Waals surface area contributed by atoms with E-state index in [0.29, 0.717) is 28.5 Å². The van der Waals surface area contributed by atoms with Crippen molar-refractivity contribution in [1.82, 2.24) is 30.0 Å². The average Bonchev–Trinajstić information content (AvgIpc) is 3.42. The Kier molecular flexibility index (Phi) is 7.81. The van der Waals surface area contributed by atoms with Gasteiger partial charge in [0.1, 0.15) is 0 Å². The van der Waals surface area contributed by atoms with Crippen molar-refractivity contribution in [2.24, 2.45) is 0 Å². The van der Waals surface area contributed by atoms with Gasteiger partial charge in [-0.3, -0.25) is 9.20 Å². The number of nitrogens with zero attached hydrogens (tertiary/aromatic N) is 4. The van der Waals surface area contributed by atoms with E-state index in [9.17, 15) is 18.0 Å². The van der Waals surface area contributed by atoms with Crippen LogP contribution in [-0.2, 0) is 6.18 Å². The molecule has 0 saturated carbocycles. The first-order valence-corrected chi connectivity index (χ1v) is 14.1. The number of halogens is 3. The number of aromatic nitrogens is 4. The van der Waals surface area contributed by atoms with E-state index in [2.05, 4.69) is 20.9 Å². The summed E-state index contributed by atoms with van der Waals surface area (Å²) >= 11 is 0. The predicted octanol–water partition coefficient (Wildman–Crippen LogP) is 6.13. The van der Waals surface area contributed by atoms with E-state index in [4.69, 9.17) is 9.97 Å². The van der Waals surface area contributed by atoms with Crippen LogP contribution in [0.1, 0.15) is 47.3 Å². The molecule has 8 nitrogen and oxygen atoms in total. The molecule has 3 aromatic heterocycles. The molecule has 0 aliphatic carbocycles. The minimum atomic E-state index is -4.53. The van der Waals surface area contributed by atoms with E-state index >= 15 is 0 Å². The molecule has 1 fully saturated rings. The number of hydrogen-bond acceptors (Lipinski definition) is 6. The van der Waals surface area contributed by atoms with Gasteiger partial charge in [-0.25, -0.2) is 15.0 Å². The maximum absolute atomic E-state index is 13.7. The van der Waals surface area contributed by atoms with Crippen molar-refractivity contribution >= 4 is 17.5 Å². The normalized spacial score (nSPS) is 14.9. The largest absolute Gasteiger partial charge is 0.416 e. The third-order valence-corrected chi connectivity index (χ3v) is 7.58. The van der Waals surface area contributed by atoms with Crippen LogP contribution in [0.5, 0.6) is 0 Å². The van der Waals surface area contributed by atoms with Crippen LogP contribution < -0.4 is 16.0 Å². The van der Waals surface area contributed by atoms with Crippen molar-refractivity contribution in [2.75, 3.05) is 18.4 Å². The van der Waals surface area contributed by atoms with Gasteiger partial charge >= 0.3 is 6.18 Å². The van der Waals surface area contributed by atoms with Crippen LogP contribution in [-0.4, -0.2) is 44.4 Å². The molecule has 2 aromatic carbocycles. The number of anilines is 1. The molecule has 0 bridgehead atoms. The molecular formula is C32H30F3N7O. The van der Waals surface area contributed by atoms with Gasteiger partial charge in [-0.1, -0.05) is 42.5 Å². The lowest BCUT2D eigenvalue weighted by Gasteiger charge is -2.23. The molecule has 1 atom stereocenters. The molecular weight excluding hydrogens is 555 g/mol. The molecule has 3 N–H and O–H groups in total. The Bertz CT molecular complexity index is 1750. The number of carbonyl (C=O) groups excluding carboxylic acids is 1. The Labute approximate surface area is 246 Å². The van der Waals surface area contributed by atoms with Gasteiger partial charge in [-0.05, 0) is 68.8 Å². The summed E-state index contributed by atoms with van der Waals surface area (Å²) in [6.07, 6.45) is 0.405. The Morgan fingerprint density at radius 1 is 1.00 bits per heavy atom. The van der Waals surface area contributed by atoms with E-state index in [0.717, 1.165) is 43.6 Å². The molecule has 11 heteroatoms. The number of rotatable bonds is 7. The van der Waals surface area contributed by atoms with Crippen molar-refractivity contribution in [2.45, 2.75) is 38.0 Å². The van der Waals surface area contributed by atoms with Crippen molar-refractivity contribution in [3.8, 4) is 22.6 Å². The molecule has 1 aliphatic heterocycles. The topological polar surface area (TPSA) is 96.2 Å². The van der Waals surface area contributed by atoms with Crippen molar-refractivity contribution < 1.29 is 18.0 Å². The molecule has 5 aromatic rings. The van der Waals surface area contributed by atoms with Crippen molar-refractivity contribution in [3.05, 3.63) is 102 Å². The maximum Gasteiger partial charge on any atom is 0.416 e. The molecule has 220 valence electrons. The van der Waals surface area contributed by atoms with Gasteiger partial charge in [0.2, 0.25) is 5.95 Å². The fourth-order valence-corrected chi connectivity index (χ4v) is 5.34. The number of hydrogen-bond donors (Lipinski definition) is 3. The van der Waals surface area contributed by atoms with Gasteiger partial charge in [0.25, 0.3) is 5.91 Å². The number of amides is 1. The van der Waals surface area contributed by atoms with Crippen LogP contribution in [0.4, 0.5) is 19.1 Å². The standard InChI is InChI=1S/C32H30F3N7O/c1-20(21-7-3-2-4-8-21)38-31-37-17-14-26(40-31)28-27(22-9-5-10-23(19-22)32(33,34)35)41-29-25(11-6-18-42(28)29)30(43)39-24-12-15-36-16-13-24/h2-11,14,17-20,24,36H,12-13,15-16H2,1H3,(H,39,43)(H,37,38,40)/t20-/m1/s1. The molecule has 4 heterocycles. The Hall–Kier alpha value is -4.77. The molecule has 0 spiro atoms. The highest BCUT2D eigenvalue weighted by Gasteiger charge is 2.31. The van der Waals surface area contributed by atoms with Crippen molar-refractivity contribution in [1.29, 1.82) is 0 Å². The van der Waals surface area contributed by atoms with E-state index in [-0.39, 0.29) is 29.2 Å². The molecule has 43 heavy (non-hydrogen) atoms. The molecule has 0 unspecified atom stereocenters. The lowest BCUT2D eigenvalue weighted by molar-refractivity contribution is -0.137. The first kappa shape index (κ1) is 28.4. The number of imidazole rings is 1. The number of alkyl halides is 3. The zero-order chi connectivity index (χ0) is 30.0. The molecule has 6 rings (SSSR count). The Morgan fingerprint density at radius 2 is 1.79 bits per heavy atom. The summed E-state index contributed by atoms with van der Waals surface area (Å²) in [6, 6.07) is 19.8. The summed E-state index contributed by atoms with van der Waals surface area (Å²) in [5.41, 5.74) is 2.31. The minimum Gasteiger partial charge on any atom is -0.349 e. The fraction of sp³-hybridized carbons (Fsp3) is 0.250. The zero-order valence-electron chi connectivity index (χ0n) is 23.4. The lowest BCUT2D eigenvalue weighted by Crippen LogP contribution is -2.42. The van der Waals surface area contributed by atoms with E-state index in [1.165, 1.54) is 6.07 Å². The van der Waals surface area contributed by atoms with Gasteiger partial charge in [-0.15, -0.1) is 0 Å². The maximum atomic E-state index is 13.7. The number of carbonyl (C=O) groups is 1. The van der Waals surface area contributed by atoms with Gasteiger partial charge in [0, 0.05) is 24.0 Å². The monoisotopic (exact) mass is 585 g/mol. The van der Waals surface area contributed by atoms with Gasteiger partial charge < -0.3 is 16.0 Å². The molecule has 1 saturated heterocycles. The number of piperidine rings is 1. The number of benzene rings is 2. The minimum absolute atomic E-state index is 0.0217. The van der Waals surface area contributed by atoms with Gasteiger partial charge in [0.05, 0.1) is 34.3 Å². The van der Waals surface area contributed by atoms with Gasteiger partial charge in [0.15, 0.2) is 5.65 Å². The highest BCUT2D eigenvalue weighted by Crippen LogP contribution is 2.37. The number of nitrogens with one attached hydrogen (secondary N) is 3. The first-order chi connectivity index (χ1) is 20.8. The summed E-state index contributed by atoms with van der Waals surface area (Å²) in [5.74, 6) is 0.0602. The molecule has 1 aliphatic rings. The van der Waals surface area contributed by atoms with E-state index in [1.807, 2.05) is 37.3 Å². The molecule has 0 radical (unpaired) electrons. The summed E-state index contributed by atoms with van der Waals surface area (Å²) in [6.45, 7) is 3.62. The smallest absolute Gasteiger partial charge is 0.349 e. The SMILES string of the molecule is C[C@@H](Nc1nccc(-c2c(-c3cccc(C(F)(F)F)c3)nc3c(C(=O)NC4CCNCC4)cccn23)n1)c1ccccc1. The van der Waals surface area contributed by atoms with Crippen LogP contribution in [0.15, 0.2) is 85.2 Å². The second kappa shape index (κ2) is 11.8. The fourth-order valence-electron chi connectivity index (χ4n) is 5.34. The van der Waals surface area contributed by atoms with Gasteiger partial charge in [-0.2, -0.15) is 13.2 Å². The summed E-state index contributed by atoms with van der Waals surface area (Å²) < 4.78 is 42.8. The quantitative estimate of drug-likeness (QED) is 0.213.